The molecule has 16 heavy (non-hydrogen) atoms. The maximum absolute atomic E-state index is 11.7. The first-order chi connectivity index (χ1) is 7.84. The maximum Gasteiger partial charge on any atom is 0.277 e. The van der Waals surface area contributed by atoms with Crippen LogP contribution in [-0.4, -0.2) is 20.5 Å². The first kappa shape index (κ1) is 9.86. The summed E-state index contributed by atoms with van der Waals surface area (Å²) in [4.78, 5) is 16.0. The van der Waals surface area contributed by atoms with E-state index in [-0.39, 0.29) is 5.91 Å². The summed E-state index contributed by atoms with van der Waals surface area (Å²) in [5.74, 6) is 0.329. The standard InChI is InChI=1S/C9H8N4OS2/c14-8(6-3-16-13-12-6)11-9-7(5-1-2-5)10-4-15-9/h3-5H,1-2H2,(H,11,14). The zero-order chi connectivity index (χ0) is 11.0. The number of rotatable bonds is 3. The molecule has 0 aliphatic heterocycles. The monoisotopic (exact) mass is 252 g/mol. The van der Waals surface area contributed by atoms with Crippen molar-refractivity contribution in [2.45, 2.75) is 18.8 Å². The fourth-order valence-corrected chi connectivity index (χ4v) is 2.63. The highest BCUT2D eigenvalue weighted by atomic mass is 32.1. The lowest BCUT2D eigenvalue weighted by molar-refractivity contribution is 0.102. The number of aromatic nitrogens is 3. The summed E-state index contributed by atoms with van der Waals surface area (Å²) < 4.78 is 3.66. The van der Waals surface area contributed by atoms with Gasteiger partial charge in [-0.1, -0.05) is 4.49 Å². The molecule has 1 aliphatic rings. The number of nitrogens with zero attached hydrogens (tertiary/aromatic N) is 3. The number of anilines is 1. The van der Waals surface area contributed by atoms with Crippen molar-refractivity contribution in [1.82, 2.24) is 14.6 Å². The van der Waals surface area contributed by atoms with Crippen LogP contribution in [0.25, 0.3) is 0 Å². The Hall–Kier alpha value is -1.34. The van der Waals surface area contributed by atoms with Crippen LogP contribution in [0.3, 0.4) is 0 Å². The van der Waals surface area contributed by atoms with E-state index in [0.717, 1.165) is 10.7 Å². The van der Waals surface area contributed by atoms with Crippen LogP contribution in [0, 0.1) is 0 Å². The van der Waals surface area contributed by atoms with E-state index in [1.165, 1.54) is 35.7 Å². The third kappa shape index (κ3) is 1.83. The van der Waals surface area contributed by atoms with Crippen LogP contribution in [0.1, 0.15) is 34.9 Å². The van der Waals surface area contributed by atoms with Gasteiger partial charge in [0.15, 0.2) is 5.69 Å². The molecule has 1 saturated carbocycles. The Morgan fingerprint density at radius 2 is 2.38 bits per heavy atom. The van der Waals surface area contributed by atoms with Crippen molar-refractivity contribution in [3.63, 3.8) is 0 Å². The average molecular weight is 252 g/mol. The van der Waals surface area contributed by atoms with Crippen LogP contribution in [0.15, 0.2) is 10.9 Å². The number of hydrogen-bond donors (Lipinski definition) is 1. The Kier molecular flexibility index (Phi) is 2.41. The highest BCUT2D eigenvalue weighted by molar-refractivity contribution is 7.14. The lowest BCUT2D eigenvalue weighted by Gasteiger charge is -2.01. The Morgan fingerprint density at radius 3 is 3.06 bits per heavy atom. The third-order valence-electron chi connectivity index (χ3n) is 2.38. The van der Waals surface area contributed by atoms with Gasteiger partial charge >= 0.3 is 0 Å². The molecule has 1 fully saturated rings. The molecule has 0 saturated heterocycles. The van der Waals surface area contributed by atoms with Gasteiger partial charge in [-0.25, -0.2) is 4.98 Å². The molecule has 2 aromatic heterocycles. The number of amides is 1. The van der Waals surface area contributed by atoms with E-state index in [1.807, 2.05) is 0 Å². The molecule has 7 heteroatoms. The molecule has 0 radical (unpaired) electrons. The zero-order valence-corrected chi connectivity index (χ0v) is 9.85. The van der Waals surface area contributed by atoms with Gasteiger partial charge < -0.3 is 5.32 Å². The number of carbonyl (C=O) groups excluding carboxylic acids is 1. The zero-order valence-electron chi connectivity index (χ0n) is 8.21. The number of hydrogen-bond acceptors (Lipinski definition) is 6. The molecule has 0 unspecified atom stereocenters. The molecule has 1 aliphatic carbocycles. The highest BCUT2D eigenvalue weighted by Crippen LogP contribution is 2.43. The number of nitrogens with one attached hydrogen (secondary N) is 1. The molecule has 2 aromatic rings. The molecule has 1 amide bonds. The lowest BCUT2D eigenvalue weighted by atomic mass is 10.3. The van der Waals surface area contributed by atoms with Gasteiger partial charge in [-0.2, -0.15) is 0 Å². The van der Waals surface area contributed by atoms with Crippen molar-refractivity contribution >= 4 is 33.8 Å². The summed E-state index contributed by atoms with van der Waals surface area (Å²) in [7, 11) is 0. The molecular formula is C9H8N4OS2. The molecule has 0 bridgehead atoms. The highest BCUT2D eigenvalue weighted by Gasteiger charge is 2.29. The average Bonchev–Trinajstić information content (AvgIpc) is 2.83. The minimum absolute atomic E-state index is 0.208. The Morgan fingerprint density at radius 1 is 1.50 bits per heavy atom. The van der Waals surface area contributed by atoms with E-state index in [1.54, 1.807) is 10.9 Å². The van der Waals surface area contributed by atoms with Gasteiger partial charge in [0.25, 0.3) is 5.91 Å². The van der Waals surface area contributed by atoms with E-state index in [4.69, 9.17) is 0 Å². The second-order valence-corrected chi connectivity index (χ2v) is 5.05. The minimum Gasteiger partial charge on any atom is -0.311 e. The fraction of sp³-hybridized carbons (Fsp3) is 0.333. The van der Waals surface area contributed by atoms with Crippen LogP contribution in [0.2, 0.25) is 0 Å². The van der Waals surface area contributed by atoms with Crippen molar-refractivity contribution < 1.29 is 4.79 Å². The topological polar surface area (TPSA) is 67.8 Å². The van der Waals surface area contributed by atoms with Crippen LogP contribution in [0.5, 0.6) is 0 Å². The van der Waals surface area contributed by atoms with Gasteiger partial charge in [0.2, 0.25) is 0 Å². The predicted molar refractivity (Wildman–Crippen MR) is 62.0 cm³/mol. The molecule has 0 atom stereocenters. The Labute approximate surface area is 99.7 Å². The van der Waals surface area contributed by atoms with Crippen molar-refractivity contribution in [3.8, 4) is 0 Å². The minimum atomic E-state index is -0.208. The second-order valence-electron chi connectivity index (χ2n) is 3.59. The van der Waals surface area contributed by atoms with Gasteiger partial charge in [0.1, 0.15) is 5.00 Å². The van der Waals surface area contributed by atoms with Crippen molar-refractivity contribution in [2.75, 3.05) is 5.32 Å². The third-order valence-corrected chi connectivity index (χ3v) is 3.64. The van der Waals surface area contributed by atoms with Gasteiger partial charge in [0.05, 0.1) is 11.2 Å². The van der Waals surface area contributed by atoms with Crippen molar-refractivity contribution in [2.24, 2.45) is 0 Å². The Bertz CT molecular complexity index is 503. The summed E-state index contributed by atoms with van der Waals surface area (Å²) in [6.07, 6.45) is 2.34. The molecule has 82 valence electrons. The first-order valence-corrected chi connectivity index (χ1v) is 6.58. The first-order valence-electron chi connectivity index (χ1n) is 4.86. The smallest absolute Gasteiger partial charge is 0.277 e. The summed E-state index contributed by atoms with van der Waals surface area (Å²) in [6, 6.07) is 0. The van der Waals surface area contributed by atoms with E-state index >= 15 is 0 Å². The van der Waals surface area contributed by atoms with Gasteiger partial charge in [-0.3, -0.25) is 4.79 Å². The summed E-state index contributed by atoms with van der Waals surface area (Å²) in [5, 5.41) is 9.04. The summed E-state index contributed by atoms with van der Waals surface area (Å²) in [6.45, 7) is 0. The molecule has 1 N–H and O–H groups in total. The molecule has 2 heterocycles. The molecule has 3 rings (SSSR count). The van der Waals surface area contributed by atoms with Crippen LogP contribution in [-0.2, 0) is 0 Å². The van der Waals surface area contributed by atoms with E-state index in [9.17, 15) is 4.79 Å². The predicted octanol–water partition coefficient (Wildman–Crippen LogP) is 2.12. The van der Waals surface area contributed by atoms with Gasteiger partial charge in [-0.15, -0.1) is 16.4 Å². The number of thiazole rings is 1. The molecular weight excluding hydrogens is 244 g/mol. The van der Waals surface area contributed by atoms with Crippen molar-refractivity contribution in [3.05, 3.63) is 22.3 Å². The summed E-state index contributed by atoms with van der Waals surface area (Å²) >= 11 is 2.62. The van der Waals surface area contributed by atoms with E-state index < -0.39 is 0 Å². The maximum atomic E-state index is 11.7. The largest absolute Gasteiger partial charge is 0.311 e. The SMILES string of the molecule is O=C(Nc1scnc1C1CC1)c1csnn1. The lowest BCUT2D eigenvalue weighted by Crippen LogP contribution is -2.12. The van der Waals surface area contributed by atoms with Gasteiger partial charge in [-0.05, 0) is 24.4 Å². The fourth-order valence-electron chi connectivity index (χ4n) is 1.43. The molecule has 5 nitrogen and oxygen atoms in total. The van der Waals surface area contributed by atoms with E-state index in [2.05, 4.69) is 19.9 Å². The van der Waals surface area contributed by atoms with Gasteiger partial charge in [0, 0.05) is 11.3 Å². The van der Waals surface area contributed by atoms with E-state index in [0.29, 0.717) is 11.6 Å². The second kappa shape index (κ2) is 3.91. The quantitative estimate of drug-likeness (QED) is 0.908. The molecule has 0 spiro atoms. The number of carbonyl (C=O) groups is 1. The van der Waals surface area contributed by atoms with Crippen molar-refractivity contribution in [1.29, 1.82) is 0 Å². The van der Waals surface area contributed by atoms with Crippen LogP contribution >= 0.6 is 22.9 Å². The molecule has 0 aromatic carbocycles. The van der Waals surface area contributed by atoms with Crippen LogP contribution < -0.4 is 5.32 Å². The summed E-state index contributed by atoms with van der Waals surface area (Å²) in [5.41, 5.74) is 3.14. The normalized spacial score (nSPS) is 15.0. The van der Waals surface area contributed by atoms with Crippen LogP contribution in [0.4, 0.5) is 5.00 Å². The Balaban J connectivity index is 1.78.